The summed E-state index contributed by atoms with van der Waals surface area (Å²) in [5.74, 6) is 0.525. The molecular formula is C11H17ClN4O2. The molecule has 0 amide bonds. The first-order valence-corrected chi connectivity index (χ1v) is 6.43. The molecule has 6 nitrogen and oxygen atoms in total. The highest BCUT2D eigenvalue weighted by molar-refractivity contribution is 6.28. The third kappa shape index (κ3) is 3.20. The summed E-state index contributed by atoms with van der Waals surface area (Å²) in [5.41, 5.74) is 0. The summed E-state index contributed by atoms with van der Waals surface area (Å²) in [6, 6.07) is 0.556. The predicted octanol–water partition coefficient (Wildman–Crippen LogP) is 1.54. The Bertz CT molecular complexity index is 399. The molecule has 0 aromatic carbocycles. The van der Waals surface area contributed by atoms with Crippen LogP contribution in [0.3, 0.4) is 0 Å². The molecule has 1 atom stereocenters. The molecule has 0 radical (unpaired) electrons. The summed E-state index contributed by atoms with van der Waals surface area (Å²) in [4.78, 5) is 14.3. The number of anilines is 1. The smallest absolute Gasteiger partial charge is 0.322 e. The molecule has 1 fully saturated rings. The van der Waals surface area contributed by atoms with Gasteiger partial charge < -0.3 is 14.4 Å². The van der Waals surface area contributed by atoms with Gasteiger partial charge >= 0.3 is 6.01 Å². The van der Waals surface area contributed by atoms with Gasteiger partial charge in [-0.15, -0.1) is 0 Å². The van der Waals surface area contributed by atoms with Gasteiger partial charge in [-0.05, 0) is 24.4 Å². The standard InChI is InChI=1S/C11H17ClN4O2/c1-3-5-18-11-14-9(12)13-10(15-11)16(2)8-4-6-17-7-8/h8H,3-7H2,1-2H3. The van der Waals surface area contributed by atoms with E-state index in [4.69, 9.17) is 21.1 Å². The third-order valence-electron chi connectivity index (χ3n) is 2.78. The Morgan fingerprint density at radius 2 is 2.28 bits per heavy atom. The first-order chi connectivity index (χ1) is 8.70. The van der Waals surface area contributed by atoms with Gasteiger partial charge in [0.05, 0.1) is 19.3 Å². The van der Waals surface area contributed by atoms with E-state index < -0.39 is 0 Å². The fraction of sp³-hybridized carbons (Fsp3) is 0.727. The number of hydrogen-bond donors (Lipinski definition) is 0. The molecule has 2 heterocycles. The molecule has 0 saturated carbocycles. The zero-order chi connectivity index (χ0) is 13.0. The van der Waals surface area contributed by atoms with E-state index in [1.54, 1.807) is 0 Å². The molecule has 1 aromatic heterocycles. The minimum atomic E-state index is 0.150. The molecule has 2 rings (SSSR count). The summed E-state index contributed by atoms with van der Waals surface area (Å²) in [5, 5.41) is 0.150. The highest BCUT2D eigenvalue weighted by Crippen LogP contribution is 2.19. The molecule has 1 saturated heterocycles. The number of likely N-dealkylation sites (N-methyl/N-ethyl adjacent to an activating group) is 1. The lowest BCUT2D eigenvalue weighted by Gasteiger charge is -2.23. The van der Waals surface area contributed by atoms with Gasteiger partial charge in [0.15, 0.2) is 0 Å². The summed E-state index contributed by atoms with van der Waals surface area (Å²) in [7, 11) is 1.93. The Morgan fingerprint density at radius 1 is 1.44 bits per heavy atom. The third-order valence-corrected chi connectivity index (χ3v) is 2.95. The van der Waals surface area contributed by atoms with E-state index in [2.05, 4.69) is 15.0 Å². The van der Waals surface area contributed by atoms with Gasteiger partial charge in [-0.3, -0.25) is 0 Å². The molecule has 100 valence electrons. The highest BCUT2D eigenvalue weighted by atomic mass is 35.5. The Morgan fingerprint density at radius 3 is 2.94 bits per heavy atom. The molecule has 1 unspecified atom stereocenters. The lowest BCUT2D eigenvalue weighted by Crippen LogP contribution is -2.33. The van der Waals surface area contributed by atoms with Gasteiger partial charge in [0.25, 0.3) is 0 Å². The van der Waals surface area contributed by atoms with Crippen molar-refractivity contribution in [3.63, 3.8) is 0 Å². The molecule has 0 N–H and O–H groups in total. The van der Waals surface area contributed by atoms with Gasteiger partial charge in [0.2, 0.25) is 11.2 Å². The van der Waals surface area contributed by atoms with Gasteiger partial charge in [-0.2, -0.15) is 15.0 Å². The van der Waals surface area contributed by atoms with Crippen molar-refractivity contribution >= 4 is 17.5 Å². The summed E-state index contributed by atoms with van der Waals surface area (Å²) in [6.07, 6.45) is 1.86. The van der Waals surface area contributed by atoms with Crippen LogP contribution in [0, 0.1) is 0 Å². The van der Waals surface area contributed by atoms with Crippen molar-refractivity contribution in [1.82, 2.24) is 15.0 Å². The Balaban J connectivity index is 2.13. The van der Waals surface area contributed by atoms with E-state index in [9.17, 15) is 0 Å². The first kappa shape index (κ1) is 13.3. The number of halogens is 1. The minimum absolute atomic E-state index is 0.150. The van der Waals surface area contributed by atoms with Crippen LogP contribution in [-0.2, 0) is 4.74 Å². The van der Waals surface area contributed by atoms with Crippen molar-refractivity contribution in [2.75, 3.05) is 31.8 Å². The van der Waals surface area contributed by atoms with Gasteiger partial charge in [-0.1, -0.05) is 6.92 Å². The molecule has 0 spiro atoms. The molecule has 1 aliphatic heterocycles. The first-order valence-electron chi connectivity index (χ1n) is 6.05. The van der Waals surface area contributed by atoms with Crippen molar-refractivity contribution < 1.29 is 9.47 Å². The van der Waals surface area contributed by atoms with Crippen LogP contribution >= 0.6 is 11.6 Å². The van der Waals surface area contributed by atoms with E-state index >= 15 is 0 Å². The number of aromatic nitrogens is 3. The average Bonchev–Trinajstić information content (AvgIpc) is 2.88. The minimum Gasteiger partial charge on any atom is -0.463 e. The number of nitrogens with zero attached hydrogens (tertiary/aromatic N) is 4. The van der Waals surface area contributed by atoms with Crippen LogP contribution in [0.1, 0.15) is 19.8 Å². The lowest BCUT2D eigenvalue weighted by atomic mass is 10.2. The van der Waals surface area contributed by atoms with Crippen LogP contribution in [-0.4, -0.2) is 47.9 Å². The van der Waals surface area contributed by atoms with Crippen LogP contribution in [0.2, 0.25) is 5.28 Å². The van der Waals surface area contributed by atoms with E-state index in [1.165, 1.54) is 0 Å². The largest absolute Gasteiger partial charge is 0.463 e. The molecule has 18 heavy (non-hydrogen) atoms. The van der Waals surface area contributed by atoms with Gasteiger partial charge in [0, 0.05) is 13.7 Å². The fourth-order valence-corrected chi connectivity index (χ4v) is 1.88. The van der Waals surface area contributed by atoms with Crippen molar-refractivity contribution in [2.24, 2.45) is 0 Å². The maximum absolute atomic E-state index is 5.88. The second-order valence-corrected chi connectivity index (χ2v) is 4.50. The monoisotopic (exact) mass is 272 g/mol. The van der Waals surface area contributed by atoms with Gasteiger partial charge in [0.1, 0.15) is 0 Å². The summed E-state index contributed by atoms with van der Waals surface area (Å²) >= 11 is 5.88. The molecule has 1 aliphatic rings. The average molecular weight is 273 g/mol. The summed E-state index contributed by atoms with van der Waals surface area (Å²) < 4.78 is 10.7. The van der Waals surface area contributed by atoms with E-state index in [0.29, 0.717) is 19.2 Å². The second kappa shape index (κ2) is 6.15. The molecule has 7 heteroatoms. The topological polar surface area (TPSA) is 60.4 Å². The molecule has 1 aromatic rings. The van der Waals surface area contributed by atoms with Crippen molar-refractivity contribution in [1.29, 1.82) is 0 Å². The Kier molecular flexibility index (Phi) is 4.54. The lowest BCUT2D eigenvalue weighted by molar-refractivity contribution is 0.193. The fourth-order valence-electron chi connectivity index (χ4n) is 1.73. The van der Waals surface area contributed by atoms with E-state index in [0.717, 1.165) is 19.4 Å². The number of ether oxygens (including phenoxy) is 2. The SMILES string of the molecule is CCCOc1nc(Cl)nc(N(C)C2CCOC2)n1. The van der Waals surface area contributed by atoms with Crippen LogP contribution in [0.25, 0.3) is 0 Å². The van der Waals surface area contributed by atoms with Crippen LogP contribution in [0.15, 0.2) is 0 Å². The van der Waals surface area contributed by atoms with Crippen LogP contribution in [0.4, 0.5) is 5.95 Å². The van der Waals surface area contributed by atoms with Crippen molar-refractivity contribution in [3.05, 3.63) is 5.28 Å². The Labute approximate surface area is 111 Å². The number of rotatable bonds is 5. The molecule has 0 bridgehead atoms. The van der Waals surface area contributed by atoms with Crippen molar-refractivity contribution in [3.8, 4) is 6.01 Å². The maximum atomic E-state index is 5.88. The zero-order valence-electron chi connectivity index (χ0n) is 10.6. The quantitative estimate of drug-likeness (QED) is 0.810. The van der Waals surface area contributed by atoms with E-state index in [1.807, 2.05) is 18.9 Å². The van der Waals surface area contributed by atoms with Crippen LogP contribution < -0.4 is 9.64 Å². The maximum Gasteiger partial charge on any atom is 0.322 e. The highest BCUT2D eigenvalue weighted by Gasteiger charge is 2.23. The number of hydrogen-bond acceptors (Lipinski definition) is 6. The molecule has 0 aliphatic carbocycles. The predicted molar refractivity (Wildman–Crippen MR) is 68.3 cm³/mol. The molecular weight excluding hydrogens is 256 g/mol. The Hall–Kier alpha value is -1.14. The van der Waals surface area contributed by atoms with Gasteiger partial charge in [-0.25, -0.2) is 0 Å². The zero-order valence-corrected chi connectivity index (χ0v) is 11.4. The van der Waals surface area contributed by atoms with Crippen LogP contribution in [0.5, 0.6) is 6.01 Å². The normalized spacial score (nSPS) is 18.9. The van der Waals surface area contributed by atoms with Crippen molar-refractivity contribution in [2.45, 2.75) is 25.8 Å². The second-order valence-electron chi connectivity index (χ2n) is 4.16. The van der Waals surface area contributed by atoms with E-state index in [-0.39, 0.29) is 17.3 Å². The summed E-state index contributed by atoms with van der Waals surface area (Å²) in [6.45, 7) is 4.04.